The van der Waals surface area contributed by atoms with E-state index in [1.165, 1.54) is 6.33 Å². The van der Waals surface area contributed by atoms with Crippen molar-refractivity contribution in [3.05, 3.63) is 36.4 Å². The molecule has 2 aromatic rings. The van der Waals surface area contributed by atoms with Crippen LogP contribution in [0.1, 0.15) is 5.56 Å². The predicted molar refractivity (Wildman–Crippen MR) is 65.8 cm³/mol. The van der Waals surface area contributed by atoms with E-state index in [1.54, 1.807) is 12.4 Å². The SMILES string of the molecule is NNc1ncnc(NCc2cccnc2)c1N. The molecule has 0 spiro atoms. The maximum Gasteiger partial charge on any atom is 0.168 e. The van der Waals surface area contributed by atoms with Crippen LogP contribution in [-0.2, 0) is 6.54 Å². The molecule has 0 saturated carbocycles. The van der Waals surface area contributed by atoms with Crippen molar-refractivity contribution in [3.8, 4) is 0 Å². The lowest BCUT2D eigenvalue weighted by Gasteiger charge is -2.10. The molecule has 2 aromatic heterocycles. The van der Waals surface area contributed by atoms with Crippen molar-refractivity contribution in [2.45, 2.75) is 6.54 Å². The summed E-state index contributed by atoms with van der Waals surface area (Å²) < 4.78 is 0. The van der Waals surface area contributed by atoms with Gasteiger partial charge in [0.15, 0.2) is 11.6 Å². The quantitative estimate of drug-likeness (QED) is 0.443. The second-order valence-corrected chi connectivity index (χ2v) is 3.34. The molecule has 6 N–H and O–H groups in total. The highest BCUT2D eigenvalue weighted by molar-refractivity contribution is 5.73. The zero-order chi connectivity index (χ0) is 12.1. The molecule has 0 bridgehead atoms. The normalized spacial score (nSPS) is 9.94. The van der Waals surface area contributed by atoms with Gasteiger partial charge in [0.2, 0.25) is 0 Å². The molecule has 0 atom stereocenters. The van der Waals surface area contributed by atoms with E-state index in [2.05, 4.69) is 25.7 Å². The van der Waals surface area contributed by atoms with E-state index in [0.717, 1.165) is 5.56 Å². The summed E-state index contributed by atoms with van der Waals surface area (Å²) >= 11 is 0. The average Bonchev–Trinajstić information content (AvgIpc) is 2.39. The first-order chi connectivity index (χ1) is 8.31. The van der Waals surface area contributed by atoms with Crippen LogP contribution in [0.15, 0.2) is 30.9 Å². The van der Waals surface area contributed by atoms with Crippen LogP contribution >= 0.6 is 0 Å². The van der Waals surface area contributed by atoms with E-state index in [9.17, 15) is 0 Å². The van der Waals surface area contributed by atoms with Gasteiger partial charge in [0, 0.05) is 18.9 Å². The Balaban J connectivity index is 2.09. The molecule has 88 valence electrons. The van der Waals surface area contributed by atoms with Crippen LogP contribution in [0.3, 0.4) is 0 Å². The first-order valence-corrected chi connectivity index (χ1v) is 5.01. The molecular weight excluding hydrogens is 218 g/mol. The van der Waals surface area contributed by atoms with Gasteiger partial charge in [0.05, 0.1) is 0 Å². The zero-order valence-corrected chi connectivity index (χ0v) is 9.09. The second kappa shape index (κ2) is 5.08. The van der Waals surface area contributed by atoms with Gasteiger partial charge in [-0.1, -0.05) is 6.07 Å². The molecule has 0 aliphatic heterocycles. The monoisotopic (exact) mass is 231 g/mol. The molecule has 2 heterocycles. The van der Waals surface area contributed by atoms with Crippen molar-refractivity contribution in [2.24, 2.45) is 5.84 Å². The lowest BCUT2D eigenvalue weighted by Crippen LogP contribution is -2.13. The highest BCUT2D eigenvalue weighted by Crippen LogP contribution is 2.21. The van der Waals surface area contributed by atoms with Gasteiger partial charge in [0.25, 0.3) is 0 Å². The third-order valence-electron chi connectivity index (χ3n) is 2.20. The van der Waals surface area contributed by atoms with Gasteiger partial charge >= 0.3 is 0 Å². The van der Waals surface area contributed by atoms with E-state index in [0.29, 0.717) is 23.9 Å². The van der Waals surface area contributed by atoms with E-state index in [4.69, 9.17) is 11.6 Å². The van der Waals surface area contributed by atoms with Crippen LogP contribution in [0.2, 0.25) is 0 Å². The number of pyridine rings is 1. The number of nitrogen functional groups attached to an aromatic ring is 2. The van der Waals surface area contributed by atoms with Crippen molar-refractivity contribution < 1.29 is 0 Å². The van der Waals surface area contributed by atoms with E-state index in [1.807, 2.05) is 12.1 Å². The summed E-state index contributed by atoms with van der Waals surface area (Å²) in [7, 11) is 0. The molecule has 0 unspecified atom stereocenters. The molecule has 2 rings (SSSR count). The van der Waals surface area contributed by atoms with E-state index < -0.39 is 0 Å². The Labute approximate surface area is 98.3 Å². The maximum absolute atomic E-state index is 5.81. The highest BCUT2D eigenvalue weighted by atomic mass is 15.3. The number of anilines is 3. The number of rotatable bonds is 4. The molecule has 0 aromatic carbocycles. The van der Waals surface area contributed by atoms with Crippen molar-refractivity contribution in [1.82, 2.24) is 15.0 Å². The van der Waals surface area contributed by atoms with Gasteiger partial charge in [0.1, 0.15) is 12.0 Å². The Morgan fingerprint density at radius 1 is 1.24 bits per heavy atom. The molecule has 0 radical (unpaired) electrons. The van der Waals surface area contributed by atoms with Crippen LogP contribution in [0.25, 0.3) is 0 Å². The summed E-state index contributed by atoms with van der Waals surface area (Å²) in [6.45, 7) is 0.582. The Kier molecular flexibility index (Phi) is 3.31. The number of aromatic nitrogens is 3. The van der Waals surface area contributed by atoms with Crippen LogP contribution in [0.4, 0.5) is 17.3 Å². The molecule has 0 aliphatic carbocycles. The van der Waals surface area contributed by atoms with Crippen molar-refractivity contribution in [3.63, 3.8) is 0 Å². The van der Waals surface area contributed by atoms with Gasteiger partial charge in [-0.15, -0.1) is 0 Å². The summed E-state index contributed by atoms with van der Waals surface area (Å²) in [5.41, 5.74) is 9.64. The van der Waals surface area contributed by atoms with Gasteiger partial charge in [-0.2, -0.15) is 0 Å². The van der Waals surface area contributed by atoms with Crippen molar-refractivity contribution >= 4 is 17.3 Å². The Bertz CT molecular complexity index is 485. The van der Waals surface area contributed by atoms with E-state index >= 15 is 0 Å². The minimum atomic E-state index is 0.388. The average molecular weight is 231 g/mol. The summed E-state index contributed by atoms with van der Waals surface area (Å²) in [4.78, 5) is 11.9. The number of nitrogens with one attached hydrogen (secondary N) is 2. The molecule has 17 heavy (non-hydrogen) atoms. The second-order valence-electron chi connectivity index (χ2n) is 3.34. The van der Waals surface area contributed by atoms with Crippen molar-refractivity contribution in [2.75, 3.05) is 16.5 Å². The molecule has 0 saturated heterocycles. The minimum absolute atomic E-state index is 0.388. The summed E-state index contributed by atoms with van der Waals surface area (Å²) in [5.74, 6) is 6.20. The Morgan fingerprint density at radius 3 is 2.76 bits per heavy atom. The number of hydrazine groups is 1. The standard InChI is InChI=1S/C10H13N7/c11-8-9(15-6-16-10(8)17-12)14-5-7-2-1-3-13-4-7/h1-4,6H,5,11-12H2,(H2,14,15,16,17). The summed E-state index contributed by atoms with van der Waals surface area (Å²) in [6, 6.07) is 3.83. The Hall–Kier alpha value is -2.41. The first-order valence-electron chi connectivity index (χ1n) is 5.01. The smallest absolute Gasteiger partial charge is 0.168 e. The predicted octanol–water partition coefficient (Wildman–Crippen LogP) is 0.351. The topological polar surface area (TPSA) is 115 Å². The van der Waals surface area contributed by atoms with Crippen LogP contribution in [0.5, 0.6) is 0 Å². The zero-order valence-electron chi connectivity index (χ0n) is 9.09. The van der Waals surface area contributed by atoms with Crippen LogP contribution in [-0.4, -0.2) is 15.0 Å². The summed E-state index contributed by atoms with van der Waals surface area (Å²) in [5, 5.41) is 3.09. The third kappa shape index (κ3) is 2.58. The maximum atomic E-state index is 5.81. The number of hydrogen-bond donors (Lipinski definition) is 4. The number of nitrogens with zero attached hydrogens (tertiary/aromatic N) is 3. The van der Waals surface area contributed by atoms with Crippen LogP contribution < -0.4 is 22.3 Å². The fraction of sp³-hybridized carbons (Fsp3) is 0.100. The first kappa shape index (κ1) is 11.1. The largest absolute Gasteiger partial charge is 0.393 e. The van der Waals surface area contributed by atoms with Crippen LogP contribution in [0, 0.1) is 0 Å². The molecule has 7 heteroatoms. The van der Waals surface area contributed by atoms with E-state index in [-0.39, 0.29) is 0 Å². The Morgan fingerprint density at radius 2 is 2.06 bits per heavy atom. The fourth-order valence-electron chi connectivity index (χ4n) is 1.34. The fourth-order valence-corrected chi connectivity index (χ4v) is 1.34. The van der Waals surface area contributed by atoms with Gasteiger partial charge in [-0.3, -0.25) is 4.98 Å². The van der Waals surface area contributed by atoms with Gasteiger partial charge in [-0.05, 0) is 11.6 Å². The lowest BCUT2D eigenvalue weighted by atomic mass is 10.3. The number of nitrogens with two attached hydrogens (primary N) is 2. The molecule has 0 aliphatic rings. The minimum Gasteiger partial charge on any atom is -0.393 e. The molecule has 0 fully saturated rings. The highest BCUT2D eigenvalue weighted by Gasteiger charge is 2.06. The molecule has 7 nitrogen and oxygen atoms in total. The third-order valence-corrected chi connectivity index (χ3v) is 2.20. The van der Waals surface area contributed by atoms with Gasteiger partial charge < -0.3 is 16.5 Å². The van der Waals surface area contributed by atoms with Gasteiger partial charge in [-0.25, -0.2) is 15.8 Å². The number of hydrogen-bond acceptors (Lipinski definition) is 7. The lowest BCUT2D eigenvalue weighted by molar-refractivity contribution is 1.06. The summed E-state index contributed by atoms with van der Waals surface area (Å²) in [6.07, 6.45) is 4.88. The van der Waals surface area contributed by atoms with Crippen molar-refractivity contribution in [1.29, 1.82) is 0 Å². The molecule has 0 amide bonds. The molecular formula is C10H13N7.